The van der Waals surface area contributed by atoms with Gasteiger partial charge < -0.3 is 4.98 Å². The summed E-state index contributed by atoms with van der Waals surface area (Å²) in [5.41, 5.74) is -0.0644. The van der Waals surface area contributed by atoms with Gasteiger partial charge in [0.05, 0.1) is 5.56 Å². The fourth-order valence-electron chi connectivity index (χ4n) is 1.19. The molecule has 17 heavy (non-hydrogen) atoms. The second-order valence-electron chi connectivity index (χ2n) is 3.09. The summed E-state index contributed by atoms with van der Waals surface area (Å²) >= 11 is 4.76. The van der Waals surface area contributed by atoms with E-state index < -0.39 is 11.7 Å². The van der Waals surface area contributed by atoms with Crippen LogP contribution in [0.4, 0.5) is 10.3 Å². The SMILES string of the molecule is O=C(Nc1ncnc(=S)[nH]1)c1ccccc1F. The average Bonchev–Trinajstić information content (AvgIpc) is 2.29. The molecule has 2 N–H and O–H groups in total. The first-order valence-corrected chi connectivity index (χ1v) is 5.05. The molecule has 1 amide bonds. The van der Waals surface area contributed by atoms with Crippen LogP contribution in [0.5, 0.6) is 0 Å². The standard InChI is InChI=1S/C10H7FN4OS/c11-7-4-2-1-3-6(7)8(16)14-9-12-5-13-10(17)15-9/h1-5H,(H2,12,13,14,15,16,17). The van der Waals surface area contributed by atoms with Crippen LogP contribution in [0.3, 0.4) is 0 Å². The Morgan fingerprint density at radius 2 is 2.12 bits per heavy atom. The van der Waals surface area contributed by atoms with E-state index in [9.17, 15) is 9.18 Å². The predicted octanol–water partition coefficient (Wildman–Crippen LogP) is 1.93. The number of hydrogen-bond acceptors (Lipinski definition) is 4. The van der Waals surface area contributed by atoms with Gasteiger partial charge in [-0.1, -0.05) is 12.1 Å². The summed E-state index contributed by atoms with van der Waals surface area (Å²) in [6.07, 6.45) is 1.20. The van der Waals surface area contributed by atoms with Crippen molar-refractivity contribution < 1.29 is 9.18 Å². The van der Waals surface area contributed by atoms with E-state index in [0.717, 1.165) is 0 Å². The molecule has 0 fully saturated rings. The number of hydrogen-bond donors (Lipinski definition) is 2. The number of amides is 1. The zero-order chi connectivity index (χ0) is 12.3. The van der Waals surface area contributed by atoms with E-state index in [-0.39, 0.29) is 16.3 Å². The molecule has 0 unspecified atom stereocenters. The normalized spacial score (nSPS) is 9.94. The average molecular weight is 250 g/mol. The summed E-state index contributed by atoms with van der Waals surface area (Å²) in [6, 6.07) is 5.65. The Bertz CT molecular complexity index is 613. The number of rotatable bonds is 2. The Morgan fingerprint density at radius 3 is 2.82 bits per heavy atom. The van der Waals surface area contributed by atoms with Gasteiger partial charge in [-0.15, -0.1) is 0 Å². The van der Waals surface area contributed by atoms with Crippen molar-refractivity contribution in [1.82, 2.24) is 15.0 Å². The Kier molecular flexibility index (Phi) is 3.20. The van der Waals surface area contributed by atoms with E-state index >= 15 is 0 Å². The molecule has 0 bridgehead atoms. The van der Waals surface area contributed by atoms with E-state index in [4.69, 9.17) is 12.2 Å². The molecule has 0 atom stereocenters. The Morgan fingerprint density at radius 1 is 1.35 bits per heavy atom. The lowest BCUT2D eigenvalue weighted by atomic mass is 10.2. The second kappa shape index (κ2) is 4.79. The summed E-state index contributed by atoms with van der Waals surface area (Å²) in [7, 11) is 0. The van der Waals surface area contributed by atoms with Gasteiger partial charge in [-0.25, -0.2) is 14.4 Å². The molecular weight excluding hydrogens is 243 g/mol. The number of halogens is 1. The van der Waals surface area contributed by atoms with Crippen LogP contribution in [0.15, 0.2) is 30.6 Å². The Labute approximate surface area is 101 Å². The highest BCUT2D eigenvalue weighted by Gasteiger charge is 2.11. The monoisotopic (exact) mass is 250 g/mol. The van der Waals surface area contributed by atoms with Crippen LogP contribution in [-0.2, 0) is 0 Å². The van der Waals surface area contributed by atoms with Gasteiger partial charge in [0.15, 0.2) is 0 Å². The molecule has 0 saturated heterocycles. The van der Waals surface area contributed by atoms with Crippen LogP contribution < -0.4 is 5.32 Å². The number of carbonyl (C=O) groups is 1. The summed E-state index contributed by atoms with van der Waals surface area (Å²) in [4.78, 5) is 21.7. The predicted molar refractivity (Wildman–Crippen MR) is 61.6 cm³/mol. The number of carbonyl (C=O) groups excluding carboxylic acids is 1. The highest BCUT2D eigenvalue weighted by Crippen LogP contribution is 2.08. The molecule has 1 aromatic heterocycles. The van der Waals surface area contributed by atoms with Crippen molar-refractivity contribution >= 4 is 24.1 Å². The molecular formula is C10H7FN4OS. The maximum absolute atomic E-state index is 13.3. The topological polar surface area (TPSA) is 70.7 Å². The van der Waals surface area contributed by atoms with Crippen LogP contribution in [0.2, 0.25) is 0 Å². The molecule has 0 aliphatic carbocycles. The molecule has 0 saturated carbocycles. The lowest BCUT2D eigenvalue weighted by Gasteiger charge is -2.04. The van der Waals surface area contributed by atoms with Gasteiger partial charge in [0.2, 0.25) is 10.7 Å². The third-order valence-electron chi connectivity index (χ3n) is 1.94. The second-order valence-corrected chi connectivity index (χ2v) is 3.47. The summed E-state index contributed by atoms with van der Waals surface area (Å²) in [5.74, 6) is -1.08. The number of anilines is 1. The highest BCUT2D eigenvalue weighted by molar-refractivity contribution is 7.71. The van der Waals surface area contributed by atoms with E-state index in [1.54, 1.807) is 6.07 Å². The lowest BCUT2D eigenvalue weighted by molar-refractivity contribution is 0.102. The van der Waals surface area contributed by atoms with Crippen molar-refractivity contribution in [2.75, 3.05) is 5.32 Å². The van der Waals surface area contributed by atoms with Crippen LogP contribution in [0.1, 0.15) is 10.4 Å². The minimum atomic E-state index is -0.604. The minimum absolute atomic E-state index is 0.0644. The van der Waals surface area contributed by atoms with Crippen molar-refractivity contribution in [1.29, 1.82) is 0 Å². The lowest BCUT2D eigenvalue weighted by Crippen LogP contribution is -2.15. The van der Waals surface area contributed by atoms with Crippen molar-refractivity contribution in [2.45, 2.75) is 0 Å². The van der Waals surface area contributed by atoms with E-state index in [1.807, 2.05) is 0 Å². The number of benzene rings is 1. The molecule has 0 spiro atoms. The first kappa shape index (κ1) is 11.3. The maximum atomic E-state index is 13.3. The van der Waals surface area contributed by atoms with Gasteiger partial charge >= 0.3 is 0 Å². The molecule has 1 heterocycles. The number of aromatic nitrogens is 3. The molecule has 1 aromatic carbocycles. The number of nitrogens with zero attached hydrogens (tertiary/aromatic N) is 2. The number of H-pyrrole nitrogens is 1. The minimum Gasteiger partial charge on any atom is -0.301 e. The molecule has 86 valence electrons. The van der Waals surface area contributed by atoms with Gasteiger partial charge in [-0.3, -0.25) is 10.1 Å². The van der Waals surface area contributed by atoms with Gasteiger partial charge in [0.25, 0.3) is 5.91 Å². The smallest absolute Gasteiger partial charge is 0.260 e. The van der Waals surface area contributed by atoms with Gasteiger partial charge in [0, 0.05) is 0 Å². The Balaban J connectivity index is 2.23. The highest BCUT2D eigenvalue weighted by atomic mass is 32.1. The fraction of sp³-hybridized carbons (Fsp3) is 0. The molecule has 2 rings (SSSR count). The molecule has 5 nitrogen and oxygen atoms in total. The first-order valence-electron chi connectivity index (χ1n) is 4.64. The van der Waals surface area contributed by atoms with E-state index in [0.29, 0.717) is 0 Å². The van der Waals surface area contributed by atoms with Crippen molar-refractivity contribution in [3.8, 4) is 0 Å². The summed E-state index contributed by atoms with van der Waals surface area (Å²) < 4.78 is 13.5. The molecule has 0 radical (unpaired) electrons. The van der Waals surface area contributed by atoms with Crippen LogP contribution in [0.25, 0.3) is 0 Å². The van der Waals surface area contributed by atoms with Gasteiger partial charge in [0.1, 0.15) is 12.1 Å². The third-order valence-corrected chi connectivity index (χ3v) is 2.15. The maximum Gasteiger partial charge on any atom is 0.260 e. The largest absolute Gasteiger partial charge is 0.301 e. The van der Waals surface area contributed by atoms with Crippen molar-refractivity contribution in [3.63, 3.8) is 0 Å². The molecule has 7 heteroatoms. The van der Waals surface area contributed by atoms with E-state index in [1.165, 1.54) is 24.5 Å². The summed E-state index contributed by atoms with van der Waals surface area (Å²) in [6.45, 7) is 0. The number of nitrogens with one attached hydrogen (secondary N) is 2. The molecule has 2 aromatic rings. The zero-order valence-corrected chi connectivity index (χ0v) is 9.29. The van der Waals surface area contributed by atoms with Crippen molar-refractivity contribution in [3.05, 3.63) is 46.7 Å². The zero-order valence-electron chi connectivity index (χ0n) is 8.48. The first-order chi connectivity index (χ1) is 8.16. The fourth-order valence-corrected chi connectivity index (χ4v) is 1.33. The third kappa shape index (κ3) is 2.70. The van der Waals surface area contributed by atoms with Crippen LogP contribution in [0, 0.1) is 10.6 Å². The molecule has 0 aliphatic heterocycles. The molecule has 0 aliphatic rings. The van der Waals surface area contributed by atoms with Crippen LogP contribution in [-0.4, -0.2) is 20.9 Å². The van der Waals surface area contributed by atoms with Gasteiger partial charge in [-0.05, 0) is 24.4 Å². The Hall–Kier alpha value is -2.15. The quantitative estimate of drug-likeness (QED) is 0.799. The number of aromatic amines is 1. The summed E-state index contributed by atoms with van der Waals surface area (Å²) in [5, 5.41) is 2.39. The van der Waals surface area contributed by atoms with E-state index in [2.05, 4.69) is 20.3 Å². The van der Waals surface area contributed by atoms with Gasteiger partial charge in [-0.2, -0.15) is 0 Å². The van der Waals surface area contributed by atoms with Crippen LogP contribution >= 0.6 is 12.2 Å². The van der Waals surface area contributed by atoms with Crippen molar-refractivity contribution in [2.24, 2.45) is 0 Å².